The summed E-state index contributed by atoms with van der Waals surface area (Å²) in [7, 11) is 2.96. The first-order valence-corrected chi connectivity index (χ1v) is 5.81. The van der Waals surface area contributed by atoms with Gasteiger partial charge in [0.25, 0.3) is 0 Å². The van der Waals surface area contributed by atoms with Crippen LogP contribution in [0.3, 0.4) is 0 Å². The number of ether oxygens (including phenoxy) is 3. The zero-order valence-electron chi connectivity index (χ0n) is 11.4. The molecule has 0 saturated carbocycles. The zero-order valence-corrected chi connectivity index (χ0v) is 11.4. The van der Waals surface area contributed by atoms with E-state index in [0.29, 0.717) is 40.8 Å². The highest BCUT2D eigenvalue weighted by atomic mass is 16.5. The third-order valence-electron chi connectivity index (χ3n) is 2.53. The Morgan fingerprint density at radius 1 is 1.25 bits per heavy atom. The standard InChI is InChI=1S/C13H14N2O5/c1-8-14-12(15-20-8)7-19-13-10(17-2)4-9(6-16)5-11(13)18-3/h4-6H,7H2,1-3H3. The van der Waals surface area contributed by atoms with Crippen LogP contribution in [0.1, 0.15) is 22.1 Å². The number of rotatable bonds is 6. The molecule has 2 rings (SSSR count). The summed E-state index contributed by atoms with van der Waals surface area (Å²) < 4.78 is 20.8. The molecule has 0 aliphatic rings. The third kappa shape index (κ3) is 2.87. The number of aromatic nitrogens is 2. The van der Waals surface area contributed by atoms with Crippen molar-refractivity contribution in [3.8, 4) is 17.2 Å². The van der Waals surface area contributed by atoms with Gasteiger partial charge < -0.3 is 18.7 Å². The second kappa shape index (κ2) is 6.05. The van der Waals surface area contributed by atoms with Crippen LogP contribution < -0.4 is 14.2 Å². The van der Waals surface area contributed by atoms with Gasteiger partial charge in [-0.05, 0) is 12.1 Å². The van der Waals surface area contributed by atoms with Gasteiger partial charge in [0.15, 0.2) is 18.1 Å². The van der Waals surface area contributed by atoms with Gasteiger partial charge in [0, 0.05) is 12.5 Å². The normalized spacial score (nSPS) is 10.2. The van der Waals surface area contributed by atoms with Crippen LogP contribution in [0, 0.1) is 6.92 Å². The number of methoxy groups -OCH3 is 2. The molecule has 0 N–H and O–H groups in total. The van der Waals surface area contributed by atoms with Gasteiger partial charge in [-0.15, -0.1) is 0 Å². The first-order chi connectivity index (χ1) is 9.67. The predicted molar refractivity (Wildman–Crippen MR) is 68.3 cm³/mol. The van der Waals surface area contributed by atoms with E-state index in [9.17, 15) is 4.79 Å². The topological polar surface area (TPSA) is 83.7 Å². The summed E-state index contributed by atoms with van der Waals surface area (Å²) in [6.07, 6.45) is 0.706. The summed E-state index contributed by atoms with van der Waals surface area (Å²) in [5.41, 5.74) is 0.432. The number of hydrogen-bond acceptors (Lipinski definition) is 7. The van der Waals surface area contributed by atoms with Crippen LogP contribution in [0.5, 0.6) is 17.2 Å². The summed E-state index contributed by atoms with van der Waals surface area (Å²) in [6, 6.07) is 3.12. The number of nitrogens with zero attached hydrogens (tertiary/aromatic N) is 2. The maximum atomic E-state index is 10.9. The van der Waals surface area contributed by atoms with Gasteiger partial charge in [0.2, 0.25) is 17.5 Å². The summed E-state index contributed by atoms with van der Waals surface area (Å²) in [5.74, 6) is 2.03. The van der Waals surface area contributed by atoms with Crippen molar-refractivity contribution in [2.75, 3.05) is 14.2 Å². The van der Waals surface area contributed by atoms with Crippen LogP contribution >= 0.6 is 0 Å². The second-order valence-corrected chi connectivity index (χ2v) is 3.89. The van der Waals surface area contributed by atoms with Crippen molar-refractivity contribution in [3.63, 3.8) is 0 Å². The average molecular weight is 278 g/mol. The van der Waals surface area contributed by atoms with E-state index < -0.39 is 0 Å². The smallest absolute Gasteiger partial charge is 0.223 e. The Balaban J connectivity index is 2.27. The molecule has 7 nitrogen and oxygen atoms in total. The quantitative estimate of drug-likeness (QED) is 0.745. The lowest BCUT2D eigenvalue weighted by molar-refractivity contribution is 0.112. The van der Waals surface area contributed by atoms with Crippen molar-refractivity contribution < 1.29 is 23.5 Å². The molecule has 1 aromatic heterocycles. The highest BCUT2D eigenvalue weighted by Crippen LogP contribution is 2.38. The number of carbonyl (C=O) groups excluding carboxylic acids is 1. The van der Waals surface area contributed by atoms with E-state index in [1.54, 1.807) is 19.1 Å². The van der Waals surface area contributed by atoms with E-state index in [4.69, 9.17) is 18.7 Å². The molecular weight excluding hydrogens is 264 g/mol. The lowest BCUT2D eigenvalue weighted by atomic mass is 10.2. The SMILES string of the molecule is COc1cc(C=O)cc(OC)c1OCc1noc(C)n1. The molecule has 1 aromatic carbocycles. The minimum Gasteiger partial charge on any atom is -0.493 e. The van der Waals surface area contributed by atoms with E-state index in [2.05, 4.69) is 10.1 Å². The van der Waals surface area contributed by atoms with Crippen LogP contribution in [0.25, 0.3) is 0 Å². The Morgan fingerprint density at radius 2 is 1.90 bits per heavy atom. The molecule has 0 amide bonds. The number of carbonyl (C=O) groups is 1. The Kier molecular flexibility index (Phi) is 4.19. The molecule has 0 aliphatic carbocycles. The van der Waals surface area contributed by atoms with Crippen molar-refractivity contribution in [1.82, 2.24) is 10.1 Å². The number of hydrogen-bond donors (Lipinski definition) is 0. The molecule has 0 radical (unpaired) electrons. The number of benzene rings is 1. The molecule has 106 valence electrons. The molecule has 20 heavy (non-hydrogen) atoms. The van der Waals surface area contributed by atoms with Crippen LogP contribution in [-0.4, -0.2) is 30.6 Å². The molecule has 0 unspecified atom stereocenters. The Morgan fingerprint density at radius 3 is 2.35 bits per heavy atom. The molecule has 0 saturated heterocycles. The maximum Gasteiger partial charge on any atom is 0.223 e. The first kappa shape index (κ1) is 13.9. The second-order valence-electron chi connectivity index (χ2n) is 3.89. The van der Waals surface area contributed by atoms with Crippen molar-refractivity contribution in [1.29, 1.82) is 0 Å². The minimum absolute atomic E-state index is 0.102. The van der Waals surface area contributed by atoms with Crippen LogP contribution in [0.2, 0.25) is 0 Å². The molecule has 0 fully saturated rings. The van der Waals surface area contributed by atoms with Gasteiger partial charge in [-0.25, -0.2) is 0 Å². The lowest BCUT2D eigenvalue weighted by Gasteiger charge is -2.13. The molecule has 1 heterocycles. The third-order valence-corrected chi connectivity index (χ3v) is 2.53. The molecule has 0 atom stereocenters. The van der Waals surface area contributed by atoms with Crippen molar-refractivity contribution >= 4 is 6.29 Å². The van der Waals surface area contributed by atoms with Crippen molar-refractivity contribution in [2.45, 2.75) is 13.5 Å². The van der Waals surface area contributed by atoms with Gasteiger partial charge in [0.05, 0.1) is 14.2 Å². The van der Waals surface area contributed by atoms with Crippen LogP contribution in [-0.2, 0) is 6.61 Å². The fourth-order valence-corrected chi connectivity index (χ4v) is 1.65. The predicted octanol–water partition coefficient (Wildman–Crippen LogP) is 1.79. The average Bonchev–Trinajstić information content (AvgIpc) is 2.89. The van der Waals surface area contributed by atoms with E-state index in [-0.39, 0.29) is 6.61 Å². The highest BCUT2D eigenvalue weighted by molar-refractivity contribution is 5.78. The summed E-state index contributed by atoms with van der Waals surface area (Å²) >= 11 is 0. The van der Waals surface area contributed by atoms with Gasteiger partial charge in [-0.3, -0.25) is 4.79 Å². The van der Waals surface area contributed by atoms with E-state index in [1.165, 1.54) is 14.2 Å². The summed E-state index contributed by atoms with van der Waals surface area (Å²) in [4.78, 5) is 14.9. The van der Waals surface area contributed by atoms with E-state index in [0.717, 1.165) is 0 Å². The lowest BCUT2D eigenvalue weighted by Crippen LogP contribution is -2.02. The van der Waals surface area contributed by atoms with E-state index >= 15 is 0 Å². The molecule has 0 spiro atoms. The minimum atomic E-state index is 0.102. The zero-order chi connectivity index (χ0) is 14.5. The fraction of sp³-hybridized carbons (Fsp3) is 0.308. The van der Waals surface area contributed by atoms with Crippen molar-refractivity contribution in [2.24, 2.45) is 0 Å². The van der Waals surface area contributed by atoms with Crippen molar-refractivity contribution in [3.05, 3.63) is 29.4 Å². The first-order valence-electron chi connectivity index (χ1n) is 5.81. The molecule has 0 aliphatic heterocycles. The number of aldehydes is 1. The van der Waals surface area contributed by atoms with Crippen LogP contribution in [0.4, 0.5) is 0 Å². The maximum absolute atomic E-state index is 10.9. The van der Waals surface area contributed by atoms with Gasteiger partial charge >= 0.3 is 0 Å². The van der Waals surface area contributed by atoms with Gasteiger partial charge in [-0.1, -0.05) is 5.16 Å². The summed E-state index contributed by atoms with van der Waals surface area (Å²) in [5, 5.41) is 3.73. The monoisotopic (exact) mass is 278 g/mol. The molecular formula is C13H14N2O5. The van der Waals surface area contributed by atoms with Gasteiger partial charge in [-0.2, -0.15) is 4.98 Å². The summed E-state index contributed by atoms with van der Waals surface area (Å²) in [6.45, 7) is 1.79. The van der Waals surface area contributed by atoms with Gasteiger partial charge in [0.1, 0.15) is 6.29 Å². The Labute approximate surface area is 115 Å². The fourth-order valence-electron chi connectivity index (χ4n) is 1.65. The molecule has 7 heteroatoms. The number of aryl methyl sites for hydroxylation is 1. The molecule has 2 aromatic rings. The van der Waals surface area contributed by atoms with E-state index in [1.807, 2.05) is 0 Å². The molecule has 0 bridgehead atoms. The largest absolute Gasteiger partial charge is 0.493 e. The van der Waals surface area contributed by atoms with Crippen LogP contribution in [0.15, 0.2) is 16.7 Å². The highest BCUT2D eigenvalue weighted by Gasteiger charge is 2.15. The Bertz CT molecular complexity index is 584. The Hall–Kier alpha value is -2.57.